The van der Waals surface area contributed by atoms with Crippen molar-refractivity contribution in [3.8, 4) is 0 Å². The average Bonchev–Trinajstić information content (AvgIpc) is 3.42. The third-order valence-electron chi connectivity index (χ3n) is 15.4. The van der Waals surface area contributed by atoms with Crippen LogP contribution in [0.4, 0.5) is 0 Å². The number of carboxylic acid groups (broad SMARTS) is 1. The van der Waals surface area contributed by atoms with Gasteiger partial charge in [0.25, 0.3) is 6.29 Å². The zero-order valence-electron chi connectivity index (χ0n) is 53.1. The predicted octanol–water partition coefficient (Wildman–Crippen LogP) is 20.8. The number of carbonyl (C=O) groups excluding carboxylic acids is 2. The van der Waals surface area contributed by atoms with Gasteiger partial charge in [0.05, 0.1) is 34.4 Å². The summed E-state index contributed by atoms with van der Waals surface area (Å²) in [6.07, 6.45) is 74.1. The number of hydrogen-bond acceptors (Lipinski definition) is 7. The van der Waals surface area contributed by atoms with Gasteiger partial charge in [-0.25, -0.2) is 4.79 Å². The van der Waals surface area contributed by atoms with Gasteiger partial charge in [-0.3, -0.25) is 9.59 Å². The first kappa shape index (κ1) is 76.5. The summed E-state index contributed by atoms with van der Waals surface area (Å²) in [6.45, 7) is 4.91. The van der Waals surface area contributed by atoms with E-state index in [1.165, 1.54) is 263 Å². The lowest BCUT2D eigenvalue weighted by Crippen LogP contribution is -2.40. The molecule has 0 aliphatic heterocycles. The molecular weight excluding hydrogens is 983 g/mol. The lowest BCUT2D eigenvalue weighted by molar-refractivity contribution is -0.870. The van der Waals surface area contributed by atoms with Crippen LogP contribution in [0.25, 0.3) is 0 Å². The average molecular weight is 1120 g/mol. The number of hydrogen-bond donors (Lipinski definition) is 1. The number of aliphatic carboxylic acids is 1. The fourth-order valence-corrected chi connectivity index (χ4v) is 10.1. The summed E-state index contributed by atoms with van der Waals surface area (Å²) in [5, 5.41) is 9.72. The second-order valence-corrected chi connectivity index (χ2v) is 24.5. The second-order valence-electron chi connectivity index (χ2n) is 24.5. The van der Waals surface area contributed by atoms with Crippen LogP contribution in [-0.2, 0) is 33.3 Å². The molecule has 0 aromatic carbocycles. The van der Waals surface area contributed by atoms with E-state index in [0.717, 1.165) is 44.9 Å². The van der Waals surface area contributed by atoms with Crippen molar-refractivity contribution in [2.75, 3.05) is 47.5 Å². The summed E-state index contributed by atoms with van der Waals surface area (Å²) in [7, 11) is 5.98. The van der Waals surface area contributed by atoms with Gasteiger partial charge in [-0.2, -0.15) is 0 Å². The van der Waals surface area contributed by atoms with Crippen LogP contribution in [0.2, 0.25) is 0 Å². The van der Waals surface area contributed by atoms with Crippen molar-refractivity contribution in [3.63, 3.8) is 0 Å². The third-order valence-corrected chi connectivity index (χ3v) is 15.4. The van der Waals surface area contributed by atoms with Crippen LogP contribution in [0.1, 0.15) is 335 Å². The molecule has 1 N–H and O–H groups in total. The van der Waals surface area contributed by atoms with Crippen molar-refractivity contribution in [1.82, 2.24) is 0 Å². The number of quaternary nitrogens is 1. The van der Waals surface area contributed by atoms with Gasteiger partial charge in [0.1, 0.15) is 13.2 Å². The van der Waals surface area contributed by atoms with Crippen LogP contribution < -0.4 is 0 Å². The van der Waals surface area contributed by atoms with Gasteiger partial charge >= 0.3 is 17.9 Å². The Bertz CT molecular complexity index is 1390. The van der Waals surface area contributed by atoms with Gasteiger partial charge < -0.3 is 28.5 Å². The summed E-state index contributed by atoms with van der Waals surface area (Å²) in [5.41, 5.74) is 0. The first-order valence-electron chi connectivity index (χ1n) is 34.2. The predicted molar refractivity (Wildman–Crippen MR) is 337 cm³/mol. The molecule has 464 valence electrons. The molecule has 0 radical (unpaired) electrons. The standard InChI is InChI=1S/C70H131NO8/c1-6-8-10-12-14-16-18-20-22-24-25-26-27-28-29-30-31-32-33-34-35-36-37-38-39-40-41-42-43-45-47-49-51-53-55-57-59-61-68(73)79-66(65-78-70(69(74)75)76-63-62-71(3,4)5)64-77-67(72)60-58-56-54-52-50-48-46-44-23-21-19-17-15-13-11-9-7-2/h18,20-21,23-25,66,70H,6-17,19,22,26-65H2,1-5H3/p+1/b20-18-,23-21-,25-24-. The lowest BCUT2D eigenvalue weighted by Gasteiger charge is -2.25. The zero-order chi connectivity index (χ0) is 57.6. The van der Waals surface area contributed by atoms with E-state index in [1.807, 2.05) is 21.1 Å². The Balaban J connectivity index is 3.98. The molecule has 0 amide bonds. The van der Waals surface area contributed by atoms with Gasteiger partial charge in [0.15, 0.2) is 6.10 Å². The molecule has 79 heavy (non-hydrogen) atoms. The van der Waals surface area contributed by atoms with E-state index in [0.29, 0.717) is 17.4 Å². The number of nitrogens with zero attached hydrogens (tertiary/aromatic N) is 1. The molecule has 9 nitrogen and oxygen atoms in total. The maximum atomic E-state index is 12.9. The molecule has 0 aromatic heterocycles. The highest BCUT2D eigenvalue weighted by Gasteiger charge is 2.25. The van der Waals surface area contributed by atoms with E-state index in [1.54, 1.807) is 0 Å². The molecule has 0 saturated heterocycles. The number of esters is 2. The number of carbonyl (C=O) groups is 3. The molecular formula is C70H132NO8+. The summed E-state index contributed by atoms with van der Waals surface area (Å²) >= 11 is 0. The van der Waals surface area contributed by atoms with E-state index >= 15 is 0 Å². The Morgan fingerprint density at radius 2 is 0.684 bits per heavy atom. The fraction of sp³-hybridized carbons (Fsp3) is 0.871. The van der Waals surface area contributed by atoms with Crippen LogP contribution in [0.5, 0.6) is 0 Å². The molecule has 0 fully saturated rings. The van der Waals surface area contributed by atoms with Crippen molar-refractivity contribution in [1.29, 1.82) is 0 Å². The van der Waals surface area contributed by atoms with E-state index in [9.17, 15) is 19.5 Å². The third kappa shape index (κ3) is 63.0. The number of rotatable bonds is 64. The summed E-state index contributed by atoms with van der Waals surface area (Å²) in [6, 6.07) is 0. The summed E-state index contributed by atoms with van der Waals surface area (Å²) < 4.78 is 22.9. The van der Waals surface area contributed by atoms with E-state index < -0.39 is 18.4 Å². The minimum absolute atomic E-state index is 0.179. The van der Waals surface area contributed by atoms with Crippen molar-refractivity contribution in [2.24, 2.45) is 0 Å². The minimum Gasteiger partial charge on any atom is -0.477 e. The van der Waals surface area contributed by atoms with Gasteiger partial charge in [0, 0.05) is 12.8 Å². The minimum atomic E-state index is -1.51. The zero-order valence-corrected chi connectivity index (χ0v) is 53.1. The lowest BCUT2D eigenvalue weighted by atomic mass is 10.0. The normalized spacial score (nSPS) is 12.9. The van der Waals surface area contributed by atoms with E-state index in [4.69, 9.17) is 18.9 Å². The number of allylic oxidation sites excluding steroid dienone is 6. The Labute approximate surface area is 490 Å². The maximum Gasteiger partial charge on any atom is 0.361 e. The molecule has 9 heteroatoms. The van der Waals surface area contributed by atoms with Gasteiger partial charge in [-0.15, -0.1) is 0 Å². The number of ether oxygens (including phenoxy) is 4. The monoisotopic (exact) mass is 1110 g/mol. The first-order valence-corrected chi connectivity index (χ1v) is 34.2. The van der Waals surface area contributed by atoms with Gasteiger partial charge in [-0.1, -0.05) is 288 Å². The van der Waals surface area contributed by atoms with E-state index in [2.05, 4.69) is 50.3 Å². The Kier molecular flexibility index (Phi) is 59.6. The molecule has 0 saturated carbocycles. The maximum absolute atomic E-state index is 12.9. The number of carboxylic acids is 1. The van der Waals surface area contributed by atoms with Crippen LogP contribution in [-0.4, -0.2) is 87.4 Å². The Hall–Kier alpha value is -2.49. The molecule has 0 spiro atoms. The fourth-order valence-electron chi connectivity index (χ4n) is 10.1. The summed E-state index contributed by atoms with van der Waals surface area (Å²) in [5.74, 6) is -1.99. The number of unbranched alkanes of at least 4 members (excludes halogenated alkanes) is 43. The van der Waals surface area contributed by atoms with Crippen molar-refractivity contribution in [3.05, 3.63) is 36.5 Å². The molecule has 0 aliphatic rings. The molecule has 0 bridgehead atoms. The van der Waals surface area contributed by atoms with Crippen molar-refractivity contribution >= 4 is 17.9 Å². The molecule has 0 aromatic rings. The van der Waals surface area contributed by atoms with Crippen LogP contribution in [0, 0.1) is 0 Å². The topological polar surface area (TPSA) is 108 Å². The van der Waals surface area contributed by atoms with Crippen LogP contribution in [0.15, 0.2) is 36.5 Å². The molecule has 2 unspecified atom stereocenters. The van der Waals surface area contributed by atoms with Crippen LogP contribution >= 0.6 is 0 Å². The highest BCUT2D eigenvalue weighted by molar-refractivity contribution is 5.71. The van der Waals surface area contributed by atoms with Crippen molar-refractivity contribution < 1.29 is 42.9 Å². The van der Waals surface area contributed by atoms with E-state index in [-0.39, 0.29) is 38.2 Å². The van der Waals surface area contributed by atoms with Gasteiger partial charge in [0.2, 0.25) is 0 Å². The number of likely N-dealkylation sites (N-methyl/N-ethyl adjacent to an activating group) is 1. The summed E-state index contributed by atoms with van der Waals surface area (Å²) in [4.78, 5) is 37.5. The SMILES string of the molecule is CCCCCCC/C=C\C/C=C\CCCCCCCCCCCCCCCCCCCCCCCCCCCC(=O)OC(COC(=O)CCCCCCCCC/C=C\CCCCCCCC)COC(OCC[N+](C)(C)C)C(=O)O. The molecule has 2 atom stereocenters. The quantitative estimate of drug-likeness (QED) is 0.0211. The van der Waals surface area contributed by atoms with Crippen LogP contribution in [0.3, 0.4) is 0 Å². The molecule has 0 rings (SSSR count). The van der Waals surface area contributed by atoms with Gasteiger partial charge in [-0.05, 0) is 70.6 Å². The highest BCUT2D eigenvalue weighted by Crippen LogP contribution is 2.18. The highest BCUT2D eigenvalue weighted by atomic mass is 16.7. The first-order chi connectivity index (χ1) is 38.6. The molecule has 0 heterocycles. The Morgan fingerprint density at radius 1 is 0.380 bits per heavy atom. The smallest absolute Gasteiger partial charge is 0.361 e. The largest absolute Gasteiger partial charge is 0.477 e. The second kappa shape index (κ2) is 61.6. The Morgan fingerprint density at radius 3 is 1.01 bits per heavy atom. The molecule has 0 aliphatic carbocycles. The van der Waals surface area contributed by atoms with Crippen molar-refractivity contribution in [2.45, 2.75) is 347 Å².